The molecule has 32 heavy (non-hydrogen) atoms. The maximum Gasteiger partial charge on any atom is 0.255 e. The van der Waals surface area contributed by atoms with Crippen molar-refractivity contribution in [3.8, 4) is 11.5 Å². The van der Waals surface area contributed by atoms with E-state index in [4.69, 9.17) is 9.47 Å². The van der Waals surface area contributed by atoms with Gasteiger partial charge in [0.2, 0.25) is 10.0 Å². The molecular weight excluding hydrogens is 428 g/mol. The quantitative estimate of drug-likeness (QED) is 0.658. The third-order valence-electron chi connectivity index (χ3n) is 5.65. The number of carbonyl (C=O) groups is 1. The van der Waals surface area contributed by atoms with Gasteiger partial charge in [0, 0.05) is 30.4 Å². The zero-order chi connectivity index (χ0) is 22.1. The molecule has 1 N–H and O–H groups in total. The van der Waals surface area contributed by atoms with Crippen LogP contribution in [0, 0.1) is 0 Å². The van der Waals surface area contributed by atoms with Crippen molar-refractivity contribution >= 4 is 21.6 Å². The third kappa shape index (κ3) is 3.94. The van der Waals surface area contributed by atoms with Gasteiger partial charge in [0.25, 0.3) is 5.91 Å². The molecule has 3 aromatic carbocycles. The maximum absolute atomic E-state index is 13.1. The molecule has 8 heteroatoms. The van der Waals surface area contributed by atoms with Crippen LogP contribution in [0.1, 0.15) is 21.5 Å². The Hall–Kier alpha value is -3.36. The number of amides is 1. The van der Waals surface area contributed by atoms with Gasteiger partial charge in [-0.25, -0.2) is 8.42 Å². The SMILES string of the molecule is O=C(Nc1ccc2c(c1)OCCO2)c1ccc(S(=O)(=O)N2CCc3ccccc3C2)cc1. The van der Waals surface area contributed by atoms with Crippen LogP contribution in [0.15, 0.2) is 71.6 Å². The summed E-state index contributed by atoms with van der Waals surface area (Å²) >= 11 is 0. The van der Waals surface area contributed by atoms with Crippen molar-refractivity contribution < 1.29 is 22.7 Å². The molecular formula is C24H22N2O5S. The number of rotatable bonds is 4. The Morgan fingerprint density at radius 2 is 1.59 bits per heavy atom. The molecule has 2 aliphatic heterocycles. The number of anilines is 1. The Morgan fingerprint density at radius 1 is 0.875 bits per heavy atom. The van der Waals surface area contributed by atoms with Gasteiger partial charge >= 0.3 is 0 Å². The molecule has 0 saturated carbocycles. The van der Waals surface area contributed by atoms with Crippen molar-refractivity contribution in [1.82, 2.24) is 4.31 Å². The Bertz CT molecular complexity index is 1270. The van der Waals surface area contributed by atoms with Crippen LogP contribution in [0.3, 0.4) is 0 Å². The Morgan fingerprint density at radius 3 is 2.38 bits per heavy atom. The Labute approximate surface area is 186 Å². The van der Waals surface area contributed by atoms with E-state index in [1.54, 1.807) is 18.2 Å². The number of benzene rings is 3. The fraction of sp³-hybridized carbons (Fsp3) is 0.208. The van der Waals surface area contributed by atoms with Crippen LogP contribution < -0.4 is 14.8 Å². The van der Waals surface area contributed by atoms with Crippen molar-refractivity contribution in [2.24, 2.45) is 0 Å². The van der Waals surface area contributed by atoms with E-state index in [9.17, 15) is 13.2 Å². The molecule has 0 saturated heterocycles. The highest BCUT2D eigenvalue weighted by molar-refractivity contribution is 7.89. The van der Waals surface area contributed by atoms with E-state index >= 15 is 0 Å². The van der Waals surface area contributed by atoms with Gasteiger partial charge in [-0.3, -0.25) is 4.79 Å². The number of sulfonamides is 1. The van der Waals surface area contributed by atoms with Gasteiger partial charge in [-0.2, -0.15) is 4.31 Å². The summed E-state index contributed by atoms with van der Waals surface area (Å²) in [5.41, 5.74) is 3.15. The molecule has 0 aromatic heterocycles. The first-order valence-corrected chi connectivity index (χ1v) is 11.8. The van der Waals surface area contributed by atoms with Crippen molar-refractivity contribution in [2.75, 3.05) is 25.1 Å². The molecule has 2 heterocycles. The second-order valence-corrected chi connectivity index (χ2v) is 9.63. The molecule has 0 radical (unpaired) electrons. The molecule has 2 aliphatic rings. The summed E-state index contributed by atoms with van der Waals surface area (Å²) in [5.74, 6) is 0.889. The molecule has 0 bridgehead atoms. The average molecular weight is 451 g/mol. The average Bonchev–Trinajstić information content (AvgIpc) is 2.83. The van der Waals surface area contributed by atoms with Gasteiger partial charge in [-0.1, -0.05) is 24.3 Å². The van der Waals surface area contributed by atoms with E-state index < -0.39 is 10.0 Å². The second kappa shape index (κ2) is 8.29. The van der Waals surface area contributed by atoms with Crippen LogP contribution in [0.4, 0.5) is 5.69 Å². The lowest BCUT2D eigenvalue weighted by atomic mass is 10.0. The topological polar surface area (TPSA) is 84.9 Å². The van der Waals surface area contributed by atoms with Crippen LogP contribution in [-0.4, -0.2) is 38.4 Å². The van der Waals surface area contributed by atoms with E-state index in [1.807, 2.05) is 24.3 Å². The lowest BCUT2D eigenvalue weighted by Crippen LogP contribution is -2.35. The molecule has 7 nitrogen and oxygen atoms in total. The summed E-state index contributed by atoms with van der Waals surface area (Å²) in [6.45, 7) is 1.75. The van der Waals surface area contributed by atoms with Gasteiger partial charge < -0.3 is 14.8 Å². The molecule has 5 rings (SSSR count). The minimum Gasteiger partial charge on any atom is -0.486 e. The van der Waals surface area contributed by atoms with Gasteiger partial charge in [-0.15, -0.1) is 0 Å². The van der Waals surface area contributed by atoms with Gasteiger partial charge in [0.15, 0.2) is 11.5 Å². The van der Waals surface area contributed by atoms with E-state index in [-0.39, 0.29) is 10.8 Å². The highest BCUT2D eigenvalue weighted by Crippen LogP contribution is 2.33. The van der Waals surface area contributed by atoms with E-state index in [1.165, 1.54) is 34.1 Å². The Kier molecular flexibility index (Phi) is 5.32. The first-order chi connectivity index (χ1) is 15.5. The fourth-order valence-corrected chi connectivity index (χ4v) is 5.35. The predicted octanol–water partition coefficient (Wildman–Crippen LogP) is 3.46. The maximum atomic E-state index is 13.1. The number of hydrogen-bond donors (Lipinski definition) is 1. The fourth-order valence-electron chi connectivity index (χ4n) is 3.93. The molecule has 0 spiro atoms. The summed E-state index contributed by atoms with van der Waals surface area (Å²) in [5, 5.41) is 2.81. The number of ether oxygens (including phenoxy) is 2. The van der Waals surface area contributed by atoms with Crippen molar-refractivity contribution in [2.45, 2.75) is 17.9 Å². The normalized spacial score (nSPS) is 15.6. The summed E-state index contributed by atoms with van der Waals surface area (Å²) < 4.78 is 38.7. The van der Waals surface area contributed by atoms with Crippen LogP contribution >= 0.6 is 0 Å². The highest BCUT2D eigenvalue weighted by atomic mass is 32.2. The molecule has 0 fully saturated rings. The number of carbonyl (C=O) groups excluding carboxylic acids is 1. The molecule has 164 valence electrons. The van der Waals surface area contributed by atoms with E-state index in [0.717, 1.165) is 5.56 Å². The number of nitrogens with zero attached hydrogens (tertiary/aromatic N) is 1. The summed E-state index contributed by atoms with van der Waals surface area (Å²) in [6.07, 6.45) is 0.686. The largest absolute Gasteiger partial charge is 0.486 e. The number of fused-ring (bicyclic) bond motifs is 2. The van der Waals surface area contributed by atoms with Crippen LogP contribution in [0.2, 0.25) is 0 Å². The first-order valence-electron chi connectivity index (χ1n) is 10.4. The van der Waals surface area contributed by atoms with Crippen LogP contribution in [-0.2, 0) is 23.0 Å². The standard InChI is InChI=1S/C24H22N2O5S/c27-24(25-20-7-10-22-23(15-20)31-14-13-30-22)18-5-8-21(9-6-18)32(28,29)26-12-11-17-3-1-2-4-19(17)16-26/h1-10,15H,11-14,16H2,(H,25,27). The molecule has 0 unspecified atom stereocenters. The third-order valence-corrected chi connectivity index (χ3v) is 7.51. The lowest BCUT2D eigenvalue weighted by molar-refractivity contribution is 0.102. The van der Waals surface area contributed by atoms with Crippen molar-refractivity contribution in [3.05, 3.63) is 83.4 Å². The summed E-state index contributed by atoms with van der Waals surface area (Å²) in [4.78, 5) is 12.8. The first kappa shape index (κ1) is 20.5. The van der Waals surface area contributed by atoms with Crippen LogP contribution in [0.5, 0.6) is 11.5 Å². The van der Waals surface area contributed by atoms with E-state index in [2.05, 4.69) is 5.32 Å². The molecule has 0 atom stereocenters. The van der Waals surface area contributed by atoms with Gasteiger partial charge in [0.05, 0.1) is 4.90 Å². The van der Waals surface area contributed by atoms with E-state index in [0.29, 0.717) is 55.5 Å². The number of hydrogen-bond acceptors (Lipinski definition) is 5. The van der Waals surface area contributed by atoms with Gasteiger partial charge in [0.1, 0.15) is 13.2 Å². The van der Waals surface area contributed by atoms with Gasteiger partial charge in [-0.05, 0) is 53.9 Å². The van der Waals surface area contributed by atoms with Crippen molar-refractivity contribution in [3.63, 3.8) is 0 Å². The summed E-state index contributed by atoms with van der Waals surface area (Å²) in [6, 6.07) is 19.1. The Balaban J connectivity index is 1.30. The van der Waals surface area contributed by atoms with Crippen LogP contribution in [0.25, 0.3) is 0 Å². The second-order valence-electron chi connectivity index (χ2n) is 7.69. The molecule has 0 aliphatic carbocycles. The summed E-state index contributed by atoms with van der Waals surface area (Å²) in [7, 11) is -3.65. The molecule has 3 aromatic rings. The molecule has 1 amide bonds. The number of nitrogens with one attached hydrogen (secondary N) is 1. The minimum atomic E-state index is -3.65. The highest BCUT2D eigenvalue weighted by Gasteiger charge is 2.28. The predicted molar refractivity (Wildman–Crippen MR) is 120 cm³/mol. The lowest BCUT2D eigenvalue weighted by Gasteiger charge is -2.28. The monoisotopic (exact) mass is 450 g/mol. The zero-order valence-electron chi connectivity index (χ0n) is 17.3. The minimum absolute atomic E-state index is 0.174. The zero-order valence-corrected chi connectivity index (χ0v) is 18.1. The smallest absolute Gasteiger partial charge is 0.255 e. The van der Waals surface area contributed by atoms with Crippen molar-refractivity contribution in [1.29, 1.82) is 0 Å².